The summed E-state index contributed by atoms with van der Waals surface area (Å²) >= 11 is 0. The largest absolute Gasteiger partial charge is 0.462 e. The molecule has 0 amide bonds. The maximum Gasteiger partial charge on any atom is 0.343 e. The first-order chi connectivity index (χ1) is 22.7. The summed E-state index contributed by atoms with van der Waals surface area (Å²) in [6.45, 7) is 8.44. The highest BCUT2D eigenvalue weighted by Gasteiger charge is 2.37. The standard InChI is InChI=1S/C41H44O6/c1-27(2)15-14-22-33(26-45-39(42)30-16-8-5-9-17-30)34-24-23-28(3)36-35(34)25-29(4)37(46-40(43)31-18-10-6-11-19-31)38(36)47-41(44)32-20-12-7-13-21-32/h5,7-10,12-13,15-21,25,28,33-34H,6,11,14,22-24,26H2,1-4H3/t28-,33-,34+/m1/s1. The molecule has 0 saturated carbocycles. The molecule has 0 heterocycles. The van der Waals surface area contributed by atoms with Gasteiger partial charge in [-0.3, -0.25) is 0 Å². The zero-order valence-electron chi connectivity index (χ0n) is 27.8. The Morgan fingerprint density at radius 1 is 0.851 bits per heavy atom. The van der Waals surface area contributed by atoms with Crippen molar-refractivity contribution in [1.29, 1.82) is 0 Å². The molecule has 3 atom stereocenters. The summed E-state index contributed by atoms with van der Waals surface area (Å²) in [6, 6.07) is 20.0. The molecule has 0 spiro atoms. The summed E-state index contributed by atoms with van der Waals surface area (Å²) in [5.74, 6) is -0.677. The highest BCUT2D eigenvalue weighted by molar-refractivity contribution is 5.95. The quantitative estimate of drug-likeness (QED) is 0.119. The fraction of sp³-hybridized carbons (Fsp3) is 0.341. The molecule has 2 aliphatic rings. The van der Waals surface area contributed by atoms with Crippen LogP contribution in [-0.2, 0) is 9.53 Å². The smallest absolute Gasteiger partial charge is 0.343 e. The average Bonchev–Trinajstić information content (AvgIpc) is 3.08. The molecule has 6 nitrogen and oxygen atoms in total. The molecule has 0 bridgehead atoms. The van der Waals surface area contributed by atoms with Gasteiger partial charge in [-0.1, -0.05) is 79.3 Å². The molecule has 3 aromatic rings. The van der Waals surface area contributed by atoms with Gasteiger partial charge in [-0.2, -0.15) is 0 Å². The first-order valence-corrected chi connectivity index (χ1v) is 16.6. The third-order valence-electron chi connectivity index (χ3n) is 9.02. The van der Waals surface area contributed by atoms with Crippen LogP contribution < -0.4 is 9.47 Å². The van der Waals surface area contributed by atoms with Crippen LogP contribution in [0.1, 0.15) is 109 Å². The molecule has 0 N–H and O–H groups in total. The van der Waals surface area contributed by atoms with Gasteiger partial charge in [-0.05, 0) is 107 Å². The Morgan fingerprint density at radius 2 is 1.51 bits per heavy atom. The van der Waals surface area contributed by atoms with E-state index in [9.17, 15) is 14.4 Å². The Kier molecular flexibility index (Phi) is 11.3. The lowest BCUT2D eigenvalue weighted by Crippen LogP contribution is -2.27. The summed E-state index contributed by atoms with van der Waals surface area (Å²) in [7, 11) is 0. The zero-order valence-corrected chi connectivity index (χ0v) is 27.8. The molecule has 244 valence electrons. The number of hydrogen-bond donors (Lipinski definition) is 0. The zero-order chi connectivity index (χ0) is 33.3. The van der Waals surface area contributed by atoms with Gasteiger partial charge in [0, 0.05) is 11.5 Å². The van der Waals surface area contributed by atoms with Crippen molar-refractivity contribution in [3.63, 3.8) is 0 Å². The number of benzene rings is 3. The van der Waals surface area contributed by atoms with Crippen molar-refractivity contribution in [1.82, 2.24) is 0 Å². The van der Waals surface area contributed by atoms with E-state index in [0.29, 0.717) is 28.0 Å². The molecule has 0 aromatic heterocycles. The Bertz CT molecular complexity index is 1680. The van der Waals surface area contributed by atoms with E-state index in [2.05, 4.69) is 32.9 Å². The van der Waals surface area contributed by atoms with E-state index in [1.807, 2.05) is 43.3 Å². The second-order valence-corrected chi connectivity index (χ2v) is 12.8. The topological polar surface area (TPSA) is 78.9 Å². The number of hydrogen-bond acceptors (Lipinski definition) is 6. The van der Waals surface area contributed by atoms with Gasteiger partial charge in [0.15, 0.2) is 11.5 Å². The Labute approximate surface area is 278 Å². The van der Waals surface area contributed by atoms with Crippen molar-refractivity contribution >= 4 is 17.9 Å². The monoisotopic (exact) mass is 632 g/mol. The van der Waals surface area contributed by atoms with Gasteiger partial charge in [0.05, 0.1) is 23.3 Å². The van der Waals surface area contributed by atoms with Gasteiger partial charge in [0.25, 0.3) is 0 Å². The van der Waals surface area contributed by atoms with Crippen LogP contribution >= 0.6 is 0 Å². The highest BCUT2D eigenvalue weighted by atomic mass is 16.6. The minimum atomic E-state index is -0.515. The number of esters is 3. The van der Waals surface area contributed by atoms with Crippen LogP contribution in [0.15, 0.2) is 102 Å². The number of carbonyl (C=O) groups is 3. The molecule has 0 fully saturated rings. The number of fused-ring (bicyclic) bond motifs is 1. The SMILES string of the molecule is CC(C)=CCC[C@H](COC(=O)c1ccccc1)[C@@H]1CC[C@@H](C)c2c1cc(C)c(OC(=O)C1=CCCC=C1)c2OC(=O)c1ccccc1. The van der Waals surface area contributed by atoms with Gasteiger partial charge < -0.3 is 14.2 Å². The third kappa shape index (κ3) is 8.37. The van der Waals surface area contributed by atoms with E-state index in [1.54, 1.807) is 42.5 Å². The molecule has 0 aliphatic heterocycles. The van der Waals surface area contributed by atoms with Crippen molar-refractivity contribution in [2.24, 2.45) is 5.92 Å². The highest BCUT2D eigenvalue weighted by Crippen LogP contribution is 2.51. The molecule has 0 saturated heterocycles. The molecule has 0 unspecified atom stereocenters. The molecule has 6 heteroatoms. The van der Waals surface area contributed by atoms with Gasteiger partial charge in [0.1, 0.15) is 0 Å². The molecule has 5 rings (SSSR count). The number of rotatable bonds is 11. The van der Waals surface area contributed by atoms with Crippen LogP contribution in [0.4, 0.5) is 0 Å². The minimum absolute atomic E-state index is 0.0209. The summed E-state index contributed by atoms with van der Waals surface area (Å²) in [6.07, 6.45) is 12.9. The second kappa shape index (κ2) is 15.7. The number of aryl methyl sites for hydroxylation is 1. The first kappa shape index (κ1) is 33.6. The summed E-state index contributed by atoms with van der Waals surface area (Å²) in [5, 5.41) is 0. The van der Waals surface area contributed by atoms with E-state index in [0.717, 1.165) is 49.7 Å². The van der Waals surface area contributed by atoms with Gasteiger partial charge in [-0.25, -0.2) is 14.4 Å². The number of ether oxygens (including phenoxy) is 3. The fourth-order valence-corrected chi connectivity index (χ4v) is 6.54. The molecule has 3 aromatic carbocycles. The fourth-order valence-electron chi connectivity index (χ4n) is 6.54. The summed E-state index contributed by atoms with van der Waals surface area (Å²) < 4.78 is 18.2. The van der Waals surface area contributed by atoms with Crippen LogP contribution in [0, 0.1) is 12.8 Å². The van der Waals surface area contributed by atoms with Crippen LogP contribution in [0.5, 0.6) is 11.5 Å². The predicted octanol–water partition coefficient (Wildman–Crippen LogP) is 9.60. The van der Waals surface area contributed by atoms with Crippen molar-refractivity contribution in [3.8, 4) is 11.5 Å². The van der Waals surface area contributed by atoms with Gasteiger partial charge in [0.2, 0.25) is 0 Å². The van der Waals surface area contributed by atoms with Crippen LogP contribution in [0.3, 0.4) is 0 Å². The van der Waals surface area contributed by atoms with Crippen LogP contribution in [0.25, 0.3) is 0 Å². The Hall–Kier alpha value is -4.71. The molecule has 0 radical (unpaired) electrons. The lowest BCUT2D eigenvalue weighted by Gasteiger charge is -2.36. The lowest BCUT2D eigenvalue weighted by atomic mass is 9.70. The summed E-state index contributed by atoms with van der Waals surface area (Å²) in [5.41, 5.74) is 5.28. The van der Waals surface area contributed by atoms with E-state index >= 15 is 0 Å². The normalized spacial score (nSPS) is 17.5. The molecular weight excluding hydrogens is 588 g/mol. The molecular formula is C41H44O6. The van der Waals surface area contributed by atoms with Crippen LogP contribution in [-0.4, -0.2) is 24.5 Å². The average molecular weight is 633 g/mol. The second-order valence-electron chi connectivity index (χ2n) is 12.8. The molecule has 47 heavy (non-hydrogen) atoms. The van der Waals surface area contributed by atoms with E-state index < -0.39 is 11.9 Å². The number of carbonyl (C=O) groups excluding carboxylic acids is 3. The van der Waals surface area contributed by atoms with Gasteiger partial charge >= 0.3 is 17.9 Å². The van der Waals surface area contributed by atoms with Crippen molar-refractivity contribution in [2.45, 2.75) is 78.1 Å². The van der Waals surface area contributed by atoms with Crippen molar-refractivity contribution in [2.75, 3.05) is 6.61 Å². The predicted molar refractivity (Wildman–Crippen MR) is 184 cm³/mol. The maximum atomic E-state index is 13.5. The first-order valence-electron chi connectivity index (χ1n) is 16.6. The van der Waals surface area contributed by atoms with Crippen molar-refractivity contribution < 1.29 is 28.6 Å². The third-order valence-corrected chi connectivity index (χ3v) is 9.02. The minimum Gasteiger partial charge on any atom is -0.462 e. The lowest BCUT2D eigenvalue weighted by molar-refractivity contribution is -0.130. The maximum absolute atomic E-state index is 13.5. The van der Waals surface area contributed by atoms with E-state index in [-0.39, 0.29) is 36.1 Å². The summed E-state index contributed by atoms with van der Waals surface area (Å²) in [4.78, 5) is 39.9. The number of allylic oxidation sites excluding steroid dienone is 4. The van der Waals surface area contributed by atoms with Crippen LogP contribution in [0.2, 0.25) is 0 Å². The van der Waals surface area contributed by atoms with Gasteiger partial charge in [-0.15, -0.1) is 0 Å². The Balaban J connectivity index is 1.55. The van der Waals surface area contributed by atoms with E-state index in [1.165, 1.54) is 5.57 Å². The Morgan fingerprint density at radius 3 is 2.15 bits per heavy atom. The van der Waals surface area contributed by atoms with Crippen molar-refractivity contribution in [3.05, 3.63) is 130 Å². The van der Waals surface area contributed by atoms with E-state index in [4.69, 9.17) is 14.2 Å². The molecule has 2 aliphatic carbocycles.